The highest BCUT2D eigenvalue weighted by atomic mass is 35.5. The van der Waals surface area contributed by atoms with Crippen LogP contribution >= 0.6 is 11.6 Å². The lowest BCUT2D eigenvalue weighted by molar-refractivity contribution is 0.143. The first-order valence-corrected chi connectivity index (χ1v) is 13.0. The Morgan fingerprint density at radius 1 is 1.25 bits per heavy atom. The fourth-order valence-corrected chi connectivity index (χ4v) is 6.40. The number of aliphatic hydroxyl groups excluding tert-OH is 1. The van der Waals surface area contributed by atoms with Gasteiger partial charge in [-0.2, -0.15) is 4.98 Å². The predicted molar refractivity (Wildman–Crippen MR) is 125 cm³/mol. The highest BCUT2D eigenvalue weighted by Gasteiger charge is 2.39. The molecule has 3 heterocycles. The molecule has 2 unspecified atom stereocenters. The lowest BCUT2D eigenvalue weighted by atomic mass is 9.77. The lowest BCUT2D eigenvalue weighted by Gasteiger charge is -2.42. The van der Waals surface area contributed by atoms with Crippen molar-refractivity contribution in [2.24, 2.45) is 0 Å². The molecule has 9 heteroatoms. The largest absolute Gasteiger partial charge is 0.394 e. The maximum absolute atomic E-state index is 15.2. The molecule has 0 amide bonds. The molecule has 0 radical (unpaired) electrons. The number of aromatic nitrogens is 2. The number of hydrogen-bond donors (Lipinski definition) is 2. The Morgan fingerprint density at radius 3 is 2.69 bits per heavy atom. The molecule has 2 N–H and O–H groups in total. The first-order valence-electron chi connectivity index (χ1n) is 11.3. The topological polar surface area (TPSA) is 78.4 Å². The van der Waals surface area contributed by atoms with Crippen molar-refractivity contribution in [2.75, 3.05) is 35.7 Å². The lowest BCUT2D eigenvalue weighted by Crippen LogP contribution is -2.49. The number of aryl methyl sites for hydroxylation is 1. The second-order valence-corrected chi connectivity index (χ2v) is 11.1. The number of piperidine rings is 1. The third kappa shape index (κ3) is 4.13. The van der Waals surface area contributed by atoms with E-state index >= 15 is 4.39 Å². The Hall–Kier alpha value is -1.77. The van der Waals surface area contributed by atoms with Crippen molar-refractivity contribution in [3.63, 3.8) is 0 Å². The van der Waals surface area contributed by atoms with Gasteiger partial charge in [-0.1, -0.05) is 23.7 Å². The van der Waals surface area contributed by atoms with Crippen LogP contribution in [0.5, 0.6) is 0 Å². The van der Waals surface area contributed by atoms with E-state index in [0.29, 0.717) is 40.4 Å². The summed E-state index contributed by atoms with van der Waals surface area (Å²) in [7, 11) is -1.17. The third-order valence-corrected chi connectivity index (χ3v) is 8.81. The fourth-order valence-electron chi connectivity index (χ4n) is 4.94. The summed E-state index contributed by atoms with van der Waals surface area (Å²) in [6.45, 7) is 0.854. The highest BCUT2D eigenvalue weighted by Crippen LogP contribution is 2.39. The number of halogens is 2. The van der Waals surface area contributed by atoms with Gasteiger partial charge in [0, 0.05) is 23.2 Å². The number of anilines is 2. The number of hydrogen-bond acceptors (Lipinski definition) is 6. The zero-order valence-electron chi connectivity index (χ0n) is 17.9. The molecule has 1 saturated heterocycles. The predicted octanol–water partition coefficient (Wildman–Crippen LogP) is 3.84. The van der Waals surface area contributed by atoms with Crippen LogP contribution in [0.1, 0.15) is 49.3 Å². The van der Waals surface area contributed by atoms with Gasteiger partial charge >= 0.3 is 0 Å². The maximum Gasteiger partial charge on any atom is 0.227 e. The molecule has 2 aromatic rings. The Balaban J connectivity index is 1.42. The van der Waals surface area contributed by atoms with E-state index in [1.54, 1.807) is 12.1 Å². The van der Waals surface area contributed by atoms with Gasteiger partial charge in [0.1, 0.15) is 16.9 Å². The Kier molecular flexibility index (Phi) is 6.11. The molecule has 2 aliphatic heterocycles. The van der Waals surface area contributed by atoms with Gasteiger partial charge in [0.25, 0.3) is 0 Å². The first kappa shape index (κ1) is 22.0. The number of alkyl halides is 1. The summed E-state index contributed by atoms with van der Waals surface area (Å²) in [5, 5.41) is 14.0. The highest BCUT2D eigenvalue weighted by molar-refractivity contribution is 7.85. The molecule has 5 rings (SSSR count). The molecule has 1 saturated carbocycles. The van der Waals surface area contributed by atoms with E-state index in [4.69, 9.17) is 21.6 Å². The summed E-state index contributed by atoms with van der Waals surface area (Å²) in [5.41, 5.74) is 1.33. The smallest absolute Gasteiger partial charge is 0.227 e. The molecule has 172 valence electrons. The van der Waals surface area contributed by atoms with Crippen LogP contribution in [0.15, 0.2) is 29.2 Å². The molecular formula is C23H28ClFN4O2S. The van der Waals surface area contributed by atoms with Crippen LogP contribution in [0.3, 0.4) is 0 Å². The monoisotopic (exact) mass is 478 g/mol. The molecule has 32 heavy (non-hydrogen) atoms. The number of nitrogens with one attached hydrogen (secondary N) is 1. The van der Waals surface area contributed by atoms with Crippen molar-refractivity contribution < 1.29 is 13.7 Å². The van der Waals surface area contributed by atoms with Crippen molar-refractivity contribution >= 4 is 34.2 Å². The van der Waals surface area contributed by atoms with Gasteiger partial charge < -0.3 is 15.3 Å². The molecule has 1 aromatic heterocycles. The van der Waals surface area contributed by atoms with Crippen molar-refractivity contribution in [1.82, 2.24) is 9.97 Å². The Bertz CT molecular complexity index is 1010. The van der Waals surface area contributed by atoms with E-state index in [-0.39, 0.29) is 19.1 Å². The SMILES string of the molecule is O=[S@]1CCCc2nc(N3CCC(c4ccc(Cl)cc4)C(F)C3)nc(NC3(CO)CCC3)c21. The van der Waals surface area contributed by atoms with Gasteiger partial charge in [0.2, 0.25) is 5.95 Å². The van der Waals surface area contributed by atoms with E-state index in [1.807, 2.05) is 17.0 Å². The second kappa shape index (κ2) is 8.88. The molecule has 3 atom stereocenters. The van der Waals surface area contributed by atoms with Crippen LogP contribution in [-0.4, -0.2) is 56.4 Å². The van der Waals surface area contributed by atoms with Crippen molar-refractivity contribution in [1.29, 1.82) is 0 Å². The van der Waals surface area contributed by atoms with Gasteiger partial charge in [-0.15, -0.1) is 0 Å². The summed E-state index contributed by atoms with van der Waals surface area (Å²) in [6, 6.07) is 7.40. The summed E-state index contributed by atoms with van der Waals surface area (Å²) < 4.78 is 28.0. The molecule has 3 aliphatic rings. The summed E-state index contributed by atoms with van der Waals surface area (Å²) in [5.74, 6) is 1.44. The summed E-state index contributed by atoms with van der Waals surface area (Å²) >= 11 is 5.98. The summed E-state index contributed by atoms with van der Waals surface area (Å²) in [6.07, 6.45) is 3.89. The zero-order valence-corrected chi connectivity index (χ0v) is 19.5. The van der Waals surface area contributed by atoms with Crippen LogP contribution in [0.25, 0.3) is 0 Å². The van der Waals surface area contributed by atoms with E-state index in [2.05, 4.69) is 5.32 Å². The van der Waals surface area contributed by atoms with Crippen molar-refractivity contribution in [3.8, 4) is 0 Å². The van der Waals surface area contributed by atoms with Gasteiger partial charge in [-0.25, -0.2) is 9.37 Å². The molecule has 2 fully saturated rings. The van der Waals surface area contributed by atoms with Gasteiger partial charge in [0.15, 0.2) is 0 Å². The quantitative estimate of drug-likeness (QED) is 0.679. The Morgan fingerprint density at radius 2 is 2.03 bits per heavy atom. The molecular weight excluding hydrogens is 451 g/mol. The van der Waals surface area contributed by atoms with Gasteiger partial charge in [-0.3, -0.25) is 4.21 Å². The molecule has 0 spiro atoms. The molecule has 6 nitrogen and oxygen atoms in total. The van der Waals surface area contributed by atoms with Crippen LogP contribution in [0.4, 0.5) is 16.2 Å². The van der Waals surface area contributed by atoms with Crippen molar-refractivity contribution in [2.45, 2.75) is 61.0 Å². The van der Waals surface area contributed by atoms with E-state index < -0.39 is 22.5 Å². The minimum Gasteiger partial charge on any atom is -0.394 e. The minimum absolute atomic E-state index is 0.00673. The number of nitrogens with zero attached hydrogens (tertiary/aromatic N) is 3. The van der Waals surface area contributed by atoms with Crippen molar-refractivity contribution in [3.05, 3.63) is 40.5 Å². The first-order chi connectivity index (χ1) is 15.5. The molecule has 1 aromatic carbocycles. The van der Waals surface area contributed by atoms with Crippen LogP contribution in [-0.2, 0) is 17.2 Å². The number of rotatable bonds is 5. The minimum atomic E-state index is -1.17. The second-order valence-electron chi connectivity index (χ2n) is 9.13. The number of aliphatic hydroxyl groups is 1. The van der Waals surface area contributed by atoms with Gasteiger partial charge in [0.05, 0.1) is 35.2 Å². The zero-order chi connectivity index (χ0) is 22.3. The normalized spacial score (nSPS) is 26.8. The van der Waals surface area contributed by atoms with Gasteiger partial charge in [-0.05, 0) is 56.2 Å². The van der Waals surface area contributed by atoms with E-state index in [9.17, 15) is 9.32 Å². The van der Waals surface area contributed by atoms with Crippen LogP contribution in [0.2, 0.25) is 5.02 Å². The standard InChI is InChI=1S/C23H28ClFN4O2S/c24-16-6-4-15(5-7-16)17-8-11-29(13-18(17)25)22-26-19-3-1-12-32(31)20(19)21(27-22)28-23(14-30)9-2-10-23/h4-7,17-18,30H,1-3,8-14H2,(H,26,27,28)/t17?,18?,32-/m0/s1. The molecule has 1 aliphatic carbocycles. The number of fused-ring (bicyclic) bond motifs is 1. The van der Waals surface area contributed by atoms with E-state index in [1.165, 1.54) is 0 Å². The van der Waals surface area contributed by atoms with E-state index in [0.717, 1.165) is 43.4 Å². The average molecular weight is 479 g/mol. The number of benzene rings is 1. The molecule has 0 bridgehead atoms. The fraction of sp³-hybridized carbons (Fsp3) is 0.565. The van der Waals surface area contributed by atoms with Crippen LogP contribution < -0.4 is 10.2 Å². The maximum atomic E-state index is 15.2. The Labute approximate surface area is 195 Å². The third-order valence-electron chi connectivity index (χ3n) is 7.01. The summed E-state index contributed by atoms with van der Waals surface area (Å²) in [4.78, 5) is 12.0. The van der Waals surface area contributed by atoms with Crippen LogP contribution in [0, 0.1) is 0 Å². The average Bonchev–Trinajstić information content (AvgIpc) is 2.77.